The number of halogens is 1. The zero-order valence-corrected chi connectivity index (χ0v) is 17.7. The van der Waals surface area contributed by atoms with Crippen LogP contribution in [-0.2, 0) is 4.74 Å². The summed E-state index contributed by atoms with van der Waals surface area (Å²) in [6.07, 6.45) is 1.12. The van der Waals surface area contributed by atoms with Gasteiger partial charge in [0.15, 0.2) is 17.5 Å². The summed E-state index contributed by atoms with van der Waals surface area (Å²) in [6, 6.07) is 5.60. The fourth-order valence-corrected chi connectivity index (χ4v) is 2.95. The van der Waals surface area contributed by atoms with Crippen LogP contribution in [0, 0.1) is 5.92 Å². The molecule has 146 valence electrons. The molecule has 8 heteroatoms. The lowest BCUT2D eigenvalue weighted by atomic mass is 10.1. The third kappa shape index (κ3) is 5.80. The first-order valence-corrected chi connectivity index (χ1v) is 8.86. The zero-order chi connectivity index (χ0) is 17.5. The van der Waals surface area contributed by atoms with Crippen molar-refractivity contribution in [3.8, 4) is 17.2 Å². The van der Waals surface area contributed by atoms with E-state index in [2.05, 4.69) is 29.2 Å². The summed E-state index contributed by atoms with van der Waals surface area (Å²) in [4.78, 5) is 6.82. The monoisotopic (exact) mass is 477 g/mol. The van der Waals surface area contributed by atoms with Crippen LogP contribution in [0.4, 0.5) is 0 Å². The van der Waals surface area contributed by atoms with Crippen molar-refractivity contribution in [3.63, 3.8) is 0 Å². The molecule has 26 heavy (non-hydrogen) atoms. The lowest BCUT2D eigenvalue weighted by Crippen LogP contribution is -2.41. The molecule has 0 radical (unpaired) electrons. The summed E-state index contributed by atoms with van der Waals surface area (Å²) in [6.45, 7) is 6.95. The summed E-state index contributed by atoms with van der Waals surface area (Å²) in [7, 11) is 2.07. The highest BCUT2D eigenvalue weighted by Crippen LogP contribution is 2.34. The van der Waals surface area contributed by atoms with E-state index < -0.39 is 0 Å². The second-order valence-electron chi connectivity index (χ2n) is 6.21. The van der Waals surface area contributed by atoms with Crippen LogP contribution in [0.1, 0.15) is 13.3 Å². The predicted molar refractivity (Wildman–Crippen MR) is 111 cm³/mol. The maximum Gasteiger partial charge on any atom is 0.231 e. The number of ether oxygens (including phenoxy) is 4. The molecule has 3 rings (SSSR count). The molecule has 1 aromatic carbocycles. The molecule has 2 heterocycles. The highest BCUT2D eigenvalue weighted by Gasteiger charge is 2.19. The molecule has 0 saturated carbocycles. The van der Waals surface area contributed by atoms with Crippen molar-refractivity contribution in [2.45, 2.75) is 13.3 Å². The van der Waals surface area contributed by atoms with E-state index in [1.165, 1.54) is 0 Å². The number of guanidine groups is 1. The molecular weight excluding hydrogens is 449 g/mol. The molecule has 7 nitrogen and oxygen atoms in total. The lowest BCUT2D eigenvalue weighted by Gasteiger charge is -2.24. The van der Waals surface area contributed by atoms with Crippen molar-refractivity contribution in [3.05, 3.63) is 18.2 Å². The first-order chi connectivity index (χ1) is 12.3. The first kappa shape index (κ1) is 20.9. The predicted octanol–water partition coefficient (Wildman–Crippen LogP) is 2.35. The topological polar surface area (TPSA) is 64.6 Å². The van der Waals surface area contributed by atoms with Crippen LogP contribution < -0.4 is 19.5 Å². The van der Waals surface area contributed by atoms with Gasteiger partial charge in [0.25, 0.3) is 0 Å². The van der Waals surface area contributed by atoms with Crippen LogP contribution in [0.5, 0.6) is 17.2 Å². The minimum absolute atomic E-state index is 0. The van der Waals surface area contributed by atoms with Crippen LogP contribution in [0.2, 0.25) is 0 Å². The van der Waals surface area contributed by atoms with E-state index in [4.69, 9.17) is 18.9 Å². The summed E-state index contributed by atoms with van der Waals surface area (Å²) in [5.74, 6) is 3.74. The van der Waals surface area contributed by atoms with Crippen molar-refractivity contribution in [2.75, 3.05) is 53.3 Å². The highest BCUT2D eigenvalue weighted by atomic mass is 127. The van der Waals surface area contributed by atoms with E-state index in [9.17, 15) is 0 Å². The van der Waals surface area contributed by atoms with Crippen LogP contribution in [0.25, 0.3) is 0 Å². The van der Waals surface area contributed by atoms with Gasteiger partial charge < -0.3 is 29.2 Å². The number of rotatable bonds is 7. The molecule has 2 aliphatic rings. The lowest BCUT2D eigenvalue weighted by molar-refractivity contribution is 0.173. The van der Waals surface area contributed by atoms with Crippen molar-refractivity contribution in [1.82, 2.24) is 10.2 Å². The normalized spacial score (nSPS) is 18.4. The summed E-state index contributed by atoms with van der Waals surface area (Å²) >= 11 is 0. The Morgan fingerprint density at radius 3 is 2.96 bits per heavy atom. The number of nitrogens with zero attached hydrogens (tertiary/aromatic N) is 2. The van der Waals surface area contributed by atoms with Crippen LogP contribution in [0.3, 0.4) is 0 Å². The first-order valence-electron chi connectivity index (χ1n) is 8.86. The van der Waals surface area contributed by atoms with E-state index in [0.29, 0.717) is 19.1 Å². The van der Waals surface area contributed by atoms with Crippen molar-refractivity contribution in [2.24, 2.45) is 10.9 Å². The molecule has 0 aliphatic carbocycles. The number of fused-ring (bicyclic) bond motifs is 1. The standard InChI is InChI=1S/C18H27N3O4.HI/c1-3-19-18(21(2)11-14-6-8-22-12-14)20-7-9-23-15-4-5-16-17(10-15)25-13-24-16;/h4-5,10,14H,3,6-9,11-13H2,1-2H3,(H,19,20);1H. The van der Waals surface area contributed by atoms with Gasteiger partial charge >= 0.3 is 0 Å². The molecule has 1 N–H and O–H groups in total. The van der Waals surface area contributed by atoms with Gasteiger partial charge in [0.05, 0.1) is 13.2 Å². The van der Waals surface area contributed by atoms with Gasteiger partial charge in [-0.3, -0.25) is 0 Å². The SMILES string of the molecule is CCNC(=NCCOc1ccc2c(c1)OCO2)N(C)CC1CCOC1.I. The Morgan fingerprint density at radius 2 is 2.19 bits per heavy atom. The molecule has 0 spiro atoms. The molecule has 0 aromatic heterocycles. The van der Waals surface area contributed by atoms with Crippen LogP contribution in [0.15, 0.2) is 23.2 Å². The maximum absolute atomic E-state index is 5.76. The van der Waals surface area contributed by atoms with Gasteiger partial charge in [-0.15, -0.1) is 24.0 Å². The average molecular weight is 477 g/mol. The fraction of sp³-hybridized carbons (Fsp3) is 0.611. The number of benzene rings is 1. The molecule has 2 aliphatic heterocycles. The summed E-state index contributed by atoms with van der Waals surface area (Å²) < 4.78 is 21.9. The quantitative estimate of drug-likeness (QED) is 0.282. The Labute approximate surface area is 172 Å². The van der Waals surface area contributed by atoms with Gasteiger partial charge in [-0.25, -0.2) is 4.99 Å². The Bertz CT molecular complexity index is 594. The van der Waals surface area contributed by atoms with E-state index in [1.54, 1.807) is 0 Å². The number of nitrogens with one attached hydrogen (secondary N) is 1. The molecule has 1 atom stereocenters. The second kappa shape index (κ2) is 10.7. The smallest absolute Gasteiger partial charge is 0.231 e. The molecule has 1 aromatic rings. The number of hydrogen-bond donors (Lipinski definition) is 1. The maximum atomic E-state index is 5.76. The summed E-state index contributed by atoms with van der Waals surface area (Å²) in [5.41, 5.74) is 0. The minimum Gasteiger partial charge on any atom is -0.492 e. The van der Waals surface area contributed by atoms with Crippen molar-refractivity contribution >= 4 is 29.9 Å². The van der Waals surface area contributed by atoms with E-state index >= 15 is 0 Å². The number of hydrogen-bond acceptors (Lipinski definition) is 5. The Morgan fingerprint density at radius 1 is 1.35 bits per heavy atom. The Balaban J connectivity index is 0.00000243. The van der Waals surface area contributed by atoms with Crippen LogP contribution in [-0.4, -0.2) is 64.2 Å². The van der Waals surface area contributed by atoms with Gasteiger partial charge in [-0.1, -0.05) is 0 Å². The minimum atomic E-state index is 0. The highest BCUT2D eigenvalue weighted by molar-refractivity contribution is 14.0. The van der Waals surface area contributed by atoms with E-state index in [1.807, 2.05) is 18.2 Å². The Hall–Kier alpha value is -1.42. The van der Waals surface area contributed by atoms with E-state index in [0.717, 1.165) is 55.9 Å². The van der Waals surface area contributed by atoms with Gasteiger partial charge in [0.1, 0.15) is 12.4 Å². The van der Waals surface area contributed by atoms with E-state index in [-0.39, 0.29) is 30.8 Å². The fourth-order valence-electron chi connectivity index (χ4n) is 2.95. The number of aliphatic imine (C=N–C) groups is 1. The average Bonchev–Trinajstić information content (AvgIpc) is 3.28. The second-order valence-corrected chi connectivity index (χ2v) is 6.21. The van der Waals surface area contributed by atoms with Gasteiger partial charge in [0, 0.05) is 38.7 Å². The van der Waals surface area contributed by atoms with Gasteiger partial charge in [-0.2, -0.15) is 0 Å². The summed E-state index contributed by atoms with van der Waals surface area (Å²) in [5, 5.41) is 3.33. The molecule has 0 bridgehead atoms. The third-order valence-electron chi connectivity index (χ3n) is 4.22. The zero-order valence-electron chi connectivity index (χ0n) is 15.4. The van der Waals surface area contributed by atoms with Crippen molar-refractivity contribution in [1.29, 1.82) is 0 Å². The molecule has 1 saturated heterocycles. The van der Waals surface area contributed by atoms with Crippen LogP contribution >= 0.6 is 24.0 Å². The third-order valence-corrected chi connectivity index (χ3v) is 4.22. The van der Waals surface area contributed by atoms with Crippen molar-refractivity contribution < 1.29 is 18.9 Å². The molecule has 1 fully saturated rings. The van der Waals surface area contributed by atoms with Gasteiger partial charge in [-0.05, 0) is 25.5 Å². The molecular formula is C18H28IN3O4. The largest absolute Gasteiger partial charge is 0.492 e. The molecule has 0 amide bonds. The Kier molecular flexibility index (Phi) is 8.56. The van der Waals surface area contributed by atoms with Gasteiger partial charge in [0.2, 0.25) is 6.79 Å². The molecule has 1 unspecified atom stereocenters.